The van der Waals surface area contributed by atoms with Crippen molar-refractivity contribution in [3.8, 4) is 12.3 Å². The fourth-order valence-electron chi connectivity index (χ4n) is 1.56. The average Bonchev–Trinajstić information content (AvgIpc) is 3.56. The van der Waals surface area contributed by atoms with Crippen LogP contribution in [0, 0.1) is 32.1 Å². The number of terminal acetylenes is 1. The first-order valence-electron chi connectivity index (χ1n) is 11.1. The molecule has 1 aliphatic carbocycles. The van der Waals surface area contributed by atoms with Gasteiger partial charge in [-0.05, 0) is 53.0 Å². The van der Waals surface area contributed by atoms with Crippen molar-refractivity contribution in [3.63, 3.8) is 0 Å². The van der Waals surface area contributed by atoms with Crippen molar-refractivity contribution in [2.24, 2.45) is 5.92 Å². The van der Waals surface area contributed by atoms with Crippen LogP contribution in [0.1, 0.15) is 78.0 Å². The standard InChI is InChI=1S/C9H10.C8H10.2C4H8.C3H4.C2H6/c1-2-6-9-7-4-3-5-8-9;1-7-3-5-8(2)6-4-7;1-4-2-3-4;1-3-4-2;1-3-2;1-2/h2-8H,1H3;3-6H,1-2H3;4H,2-3H2,1H3;3-4H,1-2H3;1H,2H3;1-2H3/b6-2+;;;4-3+;;. The molecule has 0 heteroatoms. The third kappa shape index (κ3) is 30.2. The minimum absolute atomic E-state index is 1.08. The number of hydrogen-bond donors (Lipinski definition) is 0. The second-order valence-corrected chi connectivity index (χ2v) is 6.70. The van der Waals surface area contributed by atoms with Crippen molar-refractivity contribution >= 4 is 6.08 Å². The van der Waals surface area contributed by atoms with Gasteiger partial charge in [0.2, 0.25) is 0 Å². The van der Waals surface area contributed by atoms with Crippen molar-refractivity contribution in [1.29, 1.82) is 0 Å². The number of allylic oxidation sites excluding steroid dienone is 3. The third-order valence-corrected chi connectivity index (χ3v) is 3.58. The van der Waals surface area contributed by atoms with Gasteiger partial charge in [0.25, 0.3) is 0 Å². The SMILES string of the molecule is C#CC.C/C=C/C.C/C=C/c1ccccc1.CC.CC1CC1.Cc1ccc(C)cc1. The van der Waals surface area contributed by atoms with E-state index in [1.807, 2.05) is 71.0 Å². The molecule has 2 aromatic rings. The van der Waals surface area contributed by atoms with Crippen LogP contribution < -0.4 is 0 Å². The Morgan fingerprint density at radius 1 is 0.767 bits per heavy atom. The van der Waals surface area contributed by atoms with Gasteiger partial charge in [0.1, 0.15) is 0 Å². The van der Waals surface area contributed by atoms with Crippen molar-refractivity contribution in [2.75, 3.05) is 0 Å². The normalized spacial score (nSPS) is 10.8. The van der Waals surface area contributed by atoms with Gasteiger partial charge in [-0.25, -0.2) is 0 Å². The van der Waals surface area contributed by atoms with Crippen molar-refractivity contribution in [3.05, 3.63) is 89.5 Å². The molecule has 0 spiro atoms. The highest BCUT2D eigenvalue weighted by Gasteiger charge is 2.12. The lowest BCUT2D eigenvalue weighted by atomic mass is 10.2. The first-order valence-corrected chi connectivity index (χ1v) is 11.1. The Kier molecular flexibility index (Phi) is 28.4. The molecule has 2 aromatic carbocycles. The van der Waals surface area contributed by atoms with Gasteiger partial charge in [0.05, 0.1) is 0 Å². The highest BCUT2D eigenvalue weighted by Crippen LogP contribution is 2.26. The van der Waals surface area contributed by atoms with Crippen molar-refractivity contribution < 1.29 is 0 Å². The molecule has 0 N–H and O–H groups in total. The molecule has 0 atom stereocenters. The molecule has 3 rings (SSSR count). The van der Waals surface area contributed by atoms with Crippen molar-refractivity contribution in [2.45, 2.75) is 75.2 Å². The Morgan fingerprint density at radius 3 is 1.33 bits per heavy atom. The monoisotopic (exact) mass is 406 g/mol. The lowest BCUT2D eigenvalue weighted by molar-refractivity contribution is 0.983. The molecule has 1 aliphatic rings. The maximum Gasteiger partial charge on any atom is -0.00297 e. The fourth-order valence-corrected chi connectivity index (χ4v) is 1.56. The predicted octanol–water partition coefficient (Wildman–Crippen LogP) is 9.69. The molecule has 0 saturated heterocycles. The van der Waals surface area contributed by atoms with E-state index < -0.39 is 0 Å². The molecule has 1 fully saturated rings. The van der Waals surface area contributed by atoms with Gasteiger partial charge < -0.3 is 0 Å². The largest absolute Gasteiger partial charge is 0.120 e. The van der Waals surface area contributed by atoms with E-state index in [9.17, 15) is 0 Å². The van der Waals surface area contributed by atoms with Gasteiger partial charge >= 0.3 is 0 Å². The predicted molar refractivity (Wildman–Crippen MR) is 142 cm³/mol. The quantitative estimate of drug-likeness (QED) is 0.326. The highest BCUT2D eigenvalue weighted by atomic mass is 14.2. The Labute approximate surface area is 189 Å². The molecule has 30 heavy (non-hydrogen) atoms. The Morgan fingerprint density at radius 2 is 1.10 bits per heavy atom. The maximum absolute atomic E-state index is 4.60. The van der Waals surface area contributed by atoms with E-state index in [4.69, 9.17) is 0 Å². The Hall–Kier alpha value is -2.52. The zero-order valence-electron chi connectivity index (χ0n) is 21.1. The molecule has 0 aliphatic heterocycles. The number of aryl methyl sites for hydroxylation is 2. The van der Waals surface area contributed by atoms with Crippen LogP contribution in [-0.4, -0.2) is 0 Å². The smallest absolute Gasteiger partial charge is 0.00297 e. The topological polar surface area (TPSA) is 0 Å². The van der Waals surface area contributed by atoms with E-state index in [-0.39, 0.29) is 0 Å². The van der Waals surface area contributed by atoms with Crippen molar-refractivity contribution in [1.82, 2.24) is 0 Å². The lowest BCUT2D eigenvalue weighted by Gasteiger charge is -1.90. The summed E-state index contributed by atoms with van der Waals surface area (Å²) >= 11 is 0. The molecule has 0 nitrogen and oxygen atoms in total. The minimum atomic E-state index is 1.08. The molecular formula is C30H46. The molecular weight excluding hydrogens is 360 g/mol. The zero-order chi connectivity index (χ0) is 23.6. The summed E-state index contributed by atoms with van der Waals surface area (Å²) < 4.78 is 0. The molecule has 0 radical (unpaired) electrons. The van der Waals surface area contributed by atoms with Crippen LogP contribution in [0.25, 0.3) is 6.08 Å². The summed E-state index contributed by atoms with van der Waals surface area (Å²) in [6, 6.07) is 18.7. The molecule has 0 heterocycles. The first-order chi connectivity index (χ1) is 14.4. The molecule has 0 aromatic heterocycles. The summed E-state index contributed by atoms with van der Waals surface area (Å²) in [5, 5.41) is 0. The van der Waals surface area contributed by atoms with Crippen LogP contribution >= 0.6 is 0 Å². The van der Waals surface area contributed by atoms with Gasteiger partial charge in [0.15, 0.2) is 0 Å². The van der Waals surface area contributed by atoms with Gasteiger partial charge in [-0.2, -0.15) is 0 Å². The molecule has 0 unspecified atom stereocenters. The summed E-state index contributed by atoms with van der Waals surface area (Å²) in [6.07, 6.45) is 15.7. The van der Waals surface area contributed by atoms with E-state index >= 15 is 0 Å². The van der Waals surface area contributed by atoms with Crippen LogP contribution in [0.3, 0.4) is 0 Å². The van der Waals surface area contributed by atoms with E-state index in [0.29, 0.717) is 0 Å². The summed E-state index contributed by atoms with van der Waals surface area (Å²) in [5.74, 6) is 3.33. The molecule has 1 saturated carbocycles. The molecule has 0 bridgehead atoms. The number of hydrogen-bond acceptors (Lipinski definition) is 0. The molecule has 0 amide bonds. The summed E-state index contributed by atoms with van der Waals surface area (Å²) in [6.45, 7) is 18.1. The van der Waals surface area contributed by atoms with Gasteiger partial charge in [0, 0.05) is 0 Å². The first kappa shape index (κ1) is 32.2. The van der Waals surface area contributed by atoms with E-state index in [0.717, 1.165) is 5.92 Å². The van der Waals surface area contributed by atoms with Gasteiger partial charge in [-0.1, -0.05) is 124 Å². The highest BCUT2D eigenvalue weighted by molar-refractivity contribution is 5.47. The second-order valence-electron chi connectivity index (χ2n) is 6.70. The summed E-state index contributed by atoms with van der Waals surface area (Å²) in [7, 11) is 0. The van der Waals surface area contributed by atoms with Crippen LogP contribution in [0.2, 0.25) is 0 Å². The molecule has 166 valence electrons. The third-order valence-electron chi connectivity index (χ3n) is 3.58. The van der Waals surface area contributed by atoms with Crippen LogP contribution in [0.4, 0.5) is 0 Å². The Balaban J connectivity index is -0.000000316. The van der Waals surface area contributed by atoms with Crippen LogP contribution in [0.15, 0.2) is 72.8 Å². The number of benzene rings is 2. The van der Waals surface area contributed by atoms with Gasteiger partial charge in [-0.15, -0.1) is 12.3 Å². The summed E-state index contributed by atoms with van der Waals surface area (Å²) in [5.41, 5.74) is 3.92. The van der Waals surface area contributed by atoms with E-state index in [1.165, 1.54) is 29.5 Å². The average molecular weight is 407 g/mol. The fraction of sp³-hybridized carbons (Fsp3) is 0.400. The summed E-state index contributed by atoms with van der Waals surface area (Å²) in [4.78, 5) is 0. The zero-order valence-corrected chi connectivity index (χ0v) is 21.1. The van der Waals surface area contributed by atoms with Crippen LogP contribution in [-0.2, 0) is 0 Å². The second kappa shape index (κ2) is 26.5. The van der Waals surface area contributed by atoms with Gasteiger partial charge in [-0.3, -0.25) is 0 Å². The van der Waals surface area contributed by atoms with E-state index in [1.54, 1.807) is 6.92 Å². The Bertz CT molecular complexity index is 622. The minimum Gasteiger partial charge on any atom is -0.120 e. The van der Waals surface area contributed by atoms with E-state index in [2.05, 4.69) is 75.6 Å². The lowest BCUT2D eigenvalue weighted by Crippen LogP contribution is -1.70. The number of rotatable bonds is 1. The maximum atomic E-state index is 4.60. The van der Waals surface area contributed by atoms with Crippen LogP contribution in [0.5, 0.6) is 0 Å².